The minimum absolute atomic E-state index is 0.0436. The largest absolute Gasteiger partial charge is 0.349 e. The minimum Gasteiger partial charge on any atom is -0.349 e. The Morgan fingerprint density at radius 3 is 2.37 bits per heavy atom. The summed E-state index contributed by atoms with van der Waals surface area (Å²) in [4.78, 5) is 12.7. The summed E-state index contributed by atoms with van der Waals surface area (Å²) in [6.07, 6.45) is 2.82. The maximum Gasteiger partial charge on any atom is 0.251 e. The van der Waals surface area contributed by atoms with E-state index < -0.39 is 0 Å². The SMILES string of the molecule is CCNCc1ccc2c(c1)CCC(NC(=O)c1ccc(-c3ccc(F)cc3)cc1)C2. The second kappa shape index (κ2) is 9.23. The van der Waals surface area contributed by atoms with Gasteiger partial charge in [0.05, 0.1) is 0 Å². The highest BCUT2D eigenvalue weighted by atomic mass is 19.1. The van der Waals surface area contributed by atoms with Crippen molar-refractivity contribution < 1.29 is 9.18 Å². The summed E-state index contributed by atoms with van der Waals surface area (Å²) in [5.41, 5.74) is 6.59. The average molecular weight is 403 g/mol. The van der Waals surface area contributed by atoms with Gasteiger partial charge in [-0.25, -0.2) is 4.39 Å². The Bertz CT molecular complexity index is 1010. The molecule has 1 unspecified atom stereocenters. The second-order valence-electron chi connectivity index (χ2n) is 7.88. The van der Waals surface area contributed by atoms with E-state index in [4.69, 9.17) is 0 Å². The van der Waals surface area contributed by atoms with Gasteiger partial charge in [-0.2, -0.15) is 0 Å². The molecule has 0 spiro atoms. The molecule has 3 aromatic carbocycles. The minimum atomic E-state index is -0.252. The van der Waals surface area contributed by atoms with Gasteiger partial charge in [0.15, 0.2) is 0 Å². The van der Waals surface area contributed by atoms with Crippen LogP contribution < -0.4 is 10.6 Å². The van der Waals surface area contributed by atoms with Gasteiger partial charge in [0, 0.05) is 18.2 Å². The Hall–Kier alpha value is -2.98. The molecule has 0 aromatic heterocycles. The van der Waals surface area contributed by atoms with Gasteiger partial charge in [0.1, 0.15) is 5.82 Å². The van der Waals surface area contributed by atoms with Gasteiger partial charge in [0.25, 0.3) is 5.91 Å². The van der Waals surface area contributed by atoms with Crippen LogP contribution >= 0.6 is 0 Å². The zero-order valence-electron chi connectivity index (χ0n) is 17.2. The lowest BCUT2D eigenvalue weighted by molar-refractivity contribution is 0.0933. The lowest BCUT2D eigenvalue weighted by Gasteiger charge is -2.26. The first-order valence-electron chi connectivity index (χ1n) is 10.6. The van der Waals surface area contributed by atoms with Crippen molar-refractivity contribution in [1.82, 2.24) is 10.6 Å². The van der Waals surface area contributed by atoms with Crippen LogP contribution in [0.3, 0.4) is 0 Å². The summed E-state index contributed by atoms with van der Waals surface area (Å²) in [6, 6.07) is 20.7. The number of carbonyl (C=O) groups excluding carboxylic acids is 1. The highest BCUT2D eigenvalue weighted by Crippen LogP contribution is 2.24. The Morgan fingerprint density at radius 2 is 1.67 bits per heavy atom. The van der Waals surface area contributed by atoms with Crippen LogP contribution in [-0.2, 0) is 19.4 Å². The number of halogens is 1. The van der Waals surface area contributed by atoms with Crippen LogP contribution in [0.1, 0.15) is 40.4 Å². The quantitative estimate of drug-likeness (QED) is 0.616. The Balaban J connectivity index is 1.38. The van der Waals surface area contributed by atoms with E-state index in [1.807, 2.05) is 24.3 Å². The molecule has 3 aromatic rings. The van der Waals surface area contributed by atoms with E-state index in [9.17, 15) is 9.18 Å². The summed E-state index contributed by atoms with van der Waals surface area (Å²) in [6.45, 7) is 3.98. The van der Waals surface area contributed by atoms with E-state index in [2.05, 4.69) is 35.8 Å². The van der Waals surface area contributed by atoms with Crippen molar-refractivity contribution in [3.8, 4) is 11.1 Å². The Kier molecular flexibility index (Phi) is 6.24. The number of amides is 1. The first-order valence-corrected chi connectivity index (χ1v) is 10.6. The van der Waals surface area contributed by atoms with Crippen molar-refractivity contribution in [3.63, 3.8) is 0 Å². The maximum absolute atomic E-state index is 13.1. The number of hydrogen-bond acceptors (Lipinski definition) is 2. The molecule has 1 aliphatic rings. The molecule has 3 nitrogen and oxygen atoms in total. The van der Waals surface area contributed by atoms with Crippen LogP contribution in [-0.4, -0.2) is 18.5 Å². The van der Waals surface area contributed by atoms with Crippen LogP contribution in [0.15, 0.2) is 66.7 Å². The molecule has 4 heteroatoms. The fourth-order valence-corrected chi connectivity index (χ4v) is 4.04. The smallest absolute Gasteiger partial charge is 0.251 e. The maximum atomic E-state index is 13.1. The lowest BCUT2D eigenvalue weighted by Crippen LogP contribution is -2.38. The van der Waals surface area contributed by atoms with Gasteiger partial charge in [-0.05, 0) is 77.9 Å². The molecule has 1 amide bonds. The molecule has 0 bridgehead atoms. The molecule has 0 saturated heterocycles. The summed E-state index contributed by atoms with van der Waals surface area (Å²) in [7, 11) is 0. The monoisotopic (exact) mass is 402 g/mol. The van der Waals surface area contributed by atoms with Crippen LogP contribution in [0.5, 0.6) is 0 Å². The number of nitrogens with one attached hydrogen (secondary N) is 2. The van der Waals surface area contributed by atoms with E-state index in [1.165, 1.54) is 28.8 Å². The molecule has 1 atom stereocenters. The van der Waals surface area contributed by atoms with Gasteiger partial charge >= 0.3 is 0 Å². The highest BCUT2D eigenvalue weighted by Gasteiger charge is 2.21. The first kappa shape index (κ1) is 20.3. The van der Waals surface area contributed by atoms with E-state index >= 15 is 0 Å². The third kappa shape index (κ3) is 4.77. The fourth-order valence-electron chi connectivity index (χ4n) is 4.04. The molecule has 1 aliphatic carbocycles. The topological polar surface area (TPSA) is 41.1 Å². The Labute approximate surface area is 177 Å². The van der Waals surface area contributed by atoms with Crippen LogP contribution in [0.4, 0.5) is 4.39 Å². The normalized spacial score (nSPS) is 15.5. The second-order valence-corrected chi connectivity index (χ2v) is 7.88. The van der Waals surface area contributed by atoms with E-state index in [1.54, 1.807) is 12.1 Å². The summed E-state index contributed by atoms with van der Waals surface area (Å²) in [5.74, 6) is -0.296. The van der Waals surface area contributed by atoms with Crippen molar-refractivity contribution in [2.45, 2.75) is 38.8 Å². The van der Waals surface area contributed by atoms with Crippen molar-refractivity contribution in [1.29, 1.82) is 0 Å². The Morgan fingerprint density at radius 1 is 0.967 bits per heavy atom. The van der Waals surface area contributed by atoms with Gasteiger partial charge in [-0.15, -0.1) is 0 Å². The predicted octanol–water partition coefficient (Wildman–Crippen LogP) is 4.89. The fraction of sp³-hybridized carbons (Fsp3) is 0.269. The molecule has 4 rings (SSSR count). The van der Waals surface area contributed by atoms with Gasteiger partial charge in [0.2, 0.25) is 0 Å². The van der Waals surface area contributed by atoms with Crippen LogP contribution in [0.2, 0.25) is 0 Å². The first-order chi connectivity index (χ1) is 14.6. The molecule has 0 saturated carbocycles. The molecule has 154 valence electrons. The van der Waals surface area contributed by atoms with Crippen molar-refractivity contribution in [2.24, 2.45) is 0 Å². The zero-order valence-corrected chi connectivity index (χ0v) is 17.2. The van der Waals surface area contributed by atoms with E-state index in [-0.39, 0.29) is 17.8 Å². The molecule has 0 radical (unpaired) electrons. The van der Waals surface area contributed by atoms with E-state index in [0.717, 1.165) is 43.5 Å². The highest BCUT2D eigenvalue weighted by molar-refractivity contribution is 5.94. The van der Waals surface area contributed by atoms with Gasteiger partial charge in [-0.1, -0.05) is 49.4 Å². The zero-order chi connectivity index (χ0) is 20.9. The van der Waals surface area contributed by atoms with Gasteiger partial charge < -0.3 is 10.6 Å². The van der Waals surface area contributed by atoms with Gasteiger partial charge in [-0.3, -0.25) is 4.79 Å². The molecular formula is C26H27FN2O. The predicted molar refractivity (Wildman–Crippen MR) is 119 cm³/mol. The molecule has 0 aliphatic heterocycles. The van der Waals surface area contributed by atoms with Crippen LogP contribution in [0, 0.1) is 5.82 Å². The van der Waals surface area contributed by atoms with Crippen molar-refractivity contribution >= 4 is 5.91 Å². The number of benzene rings is 3. The molecular weight excluding hydrogens is 375 g/mol. The number of fused-ring (bicyclic) bond motifs is 1. The number of hydrogen-bond donors (Lipinski definition) is 2. The number of aryl methyl sites for hydroxylation is 1. The molecule has 0 fully saturated rings. The van der Waals surface area contributed by atoms with E-state index in [0.29, 0.717) is 5.56 Å². The van der Waals surface area contributed by atoms with Crippen LogP contribution in [0.25, 0.3) is 11.1 Å². The summed E-state index contributed by atoms with van der Waals surface area (Å²) in [5, 5.41) is 6.56. The molecule has 0 heterocycles. The average Bonchev–Trinajstić information content (AvgIpc) is 2.78. The molecule has 30 heavy (non-hydrogen) atoms. The number of carbonyl (C=O) groups is 1. The van der Waals surface area contributed by atoms with Crippen molar-refractivity contribution in [2.75, 3.05) is 6.54 Å². The summed E-state index contributed by atoms with van der Waals surface area (Å²) >= 11 is 0. The molecule has 2 N–H and O–H groups in total. The number of rotatable bonds is 6. The lowest BCUT2D eigenvalue weighted by atomic mass is 9.87. The van der Waals surface area contributed by atoms with Crippen molar-refractivity contribution in [3.05, 3.63) is 94.8 Å². The third-order valence-corrected chi connectivity index (χ3v) is 5.74. The standard InChI is InChI=1S/C26H27FN2O/c1-2-28-17-18-3-4-23-16-25(14-11-22(23)15-18)29-26(30)21-7-5-19(6-8-21)20-9-12-24(27)13-10-20/h3-10,12-13,15,25,28H,2,11,14,16-17H2,1H3,(H,29,30). The third-order valence-electron chi connectivity index (χ3n) is 5.74. The summed E-state index contributed by atoms with van der Waals surface area (Å²) < 4.78 is 13.1.